The molecule has 1 aliphatic rings. The Bertz CT molecular complexity index is 601. The van der Waals surface area contributed by atoms with Gasteiger partial charge in [-0.2, -0.15) is 0 Å². The molecule has 0 unspecified atom stereocenters. The normalized spacial score (nSPS) is 13.9. The summed E-state index contributed by atoms with van der Waals surface area (Å²) in [7, 11) is 0. The van der Waals surface area contributed by atoms with E-state index in [4.69, 9.17) is 16.3 Å². The van der Waals surface area contributed by atoms with E-state index in [0.717, 1.165) is 28.3 Å². The zero-order valence-electron chi connectivity index (χ0n) is 9.33. The number of ether oxygens (including phenoxy) is 1. The van der Waals surface area contributed by atoms with Gasteiger partial charge in [0.05, 0.1) is 17.0 Å². The Morgan fingerprint density at radius 2 is 2.29 bits per heavy atom. The molecule has 1 aromatic carbocycles. The molecule has 1 N–H and O–H groups in total. The van der Waals surface area contributed by atoms with E-state index in [-0.39, 0.29) is 0 Å². The molecule has 0 saturated heterocycles. The van der Waals surface area contributed by atoms with Crippen LogP contribution in [0.5, 0.6) is 5.75 Å². The van der Waals surface area contributed by atoms with Crippen molar-refractivity contribution in [2.75, 3.05) is 6.61 Å². The first-order chi connectivity index (χ1) is 8.27. The first-order valence-corrected chi connectivity index (χ1v) is 5.77. The monoisotopic (exact) mass is 246 g/mol. The van der Waals surface area contributed by atoms with Crippen LogP contribution in [0.4, 0.5) is 0 Å². The Labute approximate surface area is 104 Å². The maximum absolute atomic E-state index is 6.13. The maximum atomic E-state index is 6.13. The number of H-pyrrole nitrogens is 1. The molecule has 2 aromatic rings. The van der Waals surface area contributed by atoms with Gasteiger partial charge in [0.2, 0.25) is 0 Å². The summed E-state index contributed by atoms with van der Waals surface area (Å²) in [6.45, 7) is 2.53. The lowest BCUT2D eigenvalue weighted by molar-refractivity contribution is 0.357. The smallest absolute Gasteiger partial charge is 0.146 e. The number of aromatic amines is 1. The predicted molar refractivity (Wildman–Crippen MR) is 67.4 cm³/mol. The van der Waals surface area contributed by atoms with Crippen molar-refractivity contribution in [1.82, 2.24) is 9.97 Å². The highest BCUT2D eigenvalue weighted by molar-refractivity contribution is 6.32. The van der Waals surface area contributed by atoms with E-state index in [1.807, 2.05) is 31.2 Å². The number of fused-ring (bicyclic) bond motifs is 1. The van der Waals surface area contributed by atoms with Crippen LogP contribution in [0.15, 0.2) is 30.6 Å². The Morgan fingerprint density at radius 1 is 1.41 bits per heavy atom. The number of nitrogens with zero attached hydrogens (tertiary/aromatic N) is 1. The van der Waals surface area contributed by atoms with E-state index in [2.05, 4.69) is 9.97 Å². The largest absolute Gasteiger partial charge is 0.487 e. The predicted octanol–water partition coefficient (Wildman–Crippen LogP) is 3.20. The molecule has 0 amide bonds. The third-order valence-corrected chi connectivity index (χ3v) is 3.15. The summed E-state index contributed by atoms with van der Waals surface area (Å²) in [6, 6.07) is 5.76. The van der Waals surface area contributed by atoms with Gasteiger partial charge in [-0.05, 0) is 19.1 Å². The van der Waals surface area contributed by atoms with Crippen LogP contribution >= 0.6 is 11.6 Å². The quantitative estimate of drug-likeness (QED) is 0.839. The van der Waals surface area contributed by atoms with Crippen LogP contribution in [-0.2, 0) is 0 Å². The second-order valence-corrected chi connectivity index (χ2v) is 4.33. The van der Waals surface area contributed by atoms with Crippen LogP contribution in [0, 0.1) is 6.92 Å². The molecular weight excluding hydrogens is 236 g/mol. The molecule has 1 aliphatic heterocycles. The second kappa shape index (κ2) is 3.93. The Morgan fingerprint density at radius 3 is 3.06 bits per heavy atom. The molecule has 3 rings (SSSR count). The topological polar surface area (TPSA) is 37.9 Å². The molecule has 0 aliphatic carbocycles. The molecule has 0 radical (unpaired) electrons. The molecule has 0 bridgehead atoms. The van der Waals surface area contributed by atoms with Gasteiger partial charge in [0.25, 0.3) is 0 Å². The Hall–Kier alpha value is -1.74. The minimum atomic E-state index is 0.526. The average Bonchev–Trinajstić information content (AvgIpc) is 2.75. The molecule has 3 nitrogen and oxygen atoms in total. The number of aryl methyl sites for hydroxylation is 1. The van der Waals surface area contributed by atoms with Crippen LogP contribution in [-0.4, -0.2) is 16.6 Å². The van der Waals surface area contributed by atoms with Gasteiger partial charge in [0.15, 0.2) is 0 Å². The van der Waals surface area contributed by atoms with Crippen molar-refractivity contribution in [3.05, 3.63) is 52.6 Å². The van der Waals surface area contributed by atoms with E-state index >= 15 is 0 Å². The van der Waals surface area contributed by atoms with Crippen LogP contribution in [0.3, 0.4) is 0 Å². The van der Waals surface area contributed by atoms with Crippen molar-refractivity contribution in [3.63, 3.8) is 0 Å². The number of halogens is 1. The minimum Gasteiger partial charge on any atom is -0.487 e. The molecule has 0 atom stereocenters. The summed E-state index contributed by atoms with van der Waals surface area (Å²) in [6.07, 6.45) is 3.73. The van der Waals surface area contributed by atoms with Gasteiger partial charge in [-0.15, -0.1) is 0 Å². The van der Waals surface area contributed by atoms with Gasteiger partial charge < -0.3 is 9.72 Å². The Kier molecular flexibility index (Phi) is 2.41. The van der Waals surface area contributed by atoms with Crippen molar-refractivity contribution in [2.45, 2.75) is 6.92 Å². The van der Waals surface area contributed by atoms with E-state index in [1.54, 1.807) is 6.33 Å². The zero-order valence-corrected chi connectivity index (χ0v) is 10.1. The highest BCUT2D eigenvalue weighted by Gasteiger charge is 2.20. The number of hydrogen-bond donors (Lipinski definition) is 1. The number of hydrogen-bond acceptors (Lipinski definition) is 2. The molecular formula is C13H11ClN2O. The van der Waals surface area contributed by atoms with E-state index < -0.39 is 0 Å². The van der Waals surface area contributed by atoms with Crippen LogP contribution in [0.25, 0.3) is 5.57 Å². The zero-order chi connectivity index (χ0) is 11.8. The fourth-order valence-electron chi connectivity index (χ4n) is 2.04. The van der Waals surface area contributed by atoms with Crippen LogP contribution < -0.4 is 4.74 Å². The maximum Gasteiger partial charge on any atom is 0.146 e. The molecule has 0 saturated carbocycles. The second-order valence-electron chi connectivity index (χ2n) is 3.92. The lowest BCUT2D eigenvalue weighted by atomic mass is 9.99. The number of nitrogens with one attached hydrogen (secondary N) is 1. The fraction of sp³-hybridized carbons (Fsp3) is 0.154. The van der Waals surface area contributed by atoms with Crippen molar-refractivity contribution in [2.24, 2.45) is 0 Å². The number of para-hydroxylation sites is 1. The summed E-state index contributed by atoms with van der Waals surface area (Å²) < 4.78 is 5.58. The van der Waals surface area contributed by atoms with Gasteiger partial charge in [-0.3, -0.25) is 0 Å². The molecule has 0 fully saturated rings. The molecule has 0 spiro atoms. The number of imidazole rings is 1. The number of aromatic nitrogens is 2. The number of rotatable bonds is 1. The summed E-state index contributed by atoms with van der Waals surface area (Å²) in [5.41, 5.74) is 4.08. The first kappa shape index (κ1) is 10.4. The lowest BCUT2D eigenvalue weighted by Crippen LogP contribution is -2.06. The van der Waals surface area contributed by atoms with Crippen LogP contribution in [0.2, 0.25) is 5.02 Å². The minimum absolute atomic E-state index is 0.526. The fourth-order valence-corrected chi connectivity index (χ4v) is 2.27. The summed E-state index contributed by atoms with van der Waals surface area (Å²) >= 11 is 6.13. The molecule has 17 heavy (non-hydrogen) atoms. The molecule has 86 valence electrons. The molecule has 1 aromatic heterocycles. The van der Waals surface area contributed by atoms with Crippen molar-refractivity contribution < 1.29 is 4.74 Å². The van der Waals surface area contributed by atoms with Crippen molar-refractivity contribution in [1.29, 1.82) is 0 Å². The highest BCUT2D eigenvalue weighted by atomic mass is 35.5. The highest BCUT2D eigenvalue weighted by Crippen LogP contribution is 2.38. The van der Waals surface area contributed by atoms with Gasteiger partial charge in [-0.25, -0.2) is 4.98 Å². The molecule has 4 heteroatoms. The lowest BCUT2D eigenvalue weighted by Gasteiger charge is -2.19. The summed E-state index contributed by atoms with van der Waals surface area (Å²) in [5, 5.41) is 0.640. The standard InChI is InChI=1S/C13H11ClN2O/c1-8-12(16-7-15-8)9-5-6-17-13-10(9)3-2-4-11(13)14/h2-5,7H,6H2,1H3,(H,15,16). The third-order valence-electron chi connectivity index (χ3n) is 2.86. The van der Waals surface area contributed by atoms with Gasteiger partial charge in [0, 0.05) is 16.8 Å². The van der Waals surface area contributed by atoms with Crippen LogP contribution in [0.1, 0.15) is 17.0 Å². The van der Waals surface area contributed by atoms with Gasteiger partial charge in [0.1, 0.15) is 12.4 Å². The van der Waals surface area contributed by atoms with Gasteiger partial charge in [-0.1, -0.05) is 23.7 Å². The Balaban J connectivity index is 2.19. The SMILES string of the molecule is Cc1[nH]cnc1C1=CCOc2c(Cl)cccc21. The van der Waals surface area contributed by atoms with Crippen molar-refractivity contribution in [3.8, 4) is 5.75 Å². The molecule has 2 heterocycles. The van der Waals surface area contributed by atoms with E-state index in [9.17, 15) is 0 Å². The van der Waals surface area contributed by atoms with E-state index in [0.29, 0.717) is 11.6 Å². The summed E-state index contributed by atoms with van der Waals surface area (Å²) in [4.78, 5) is 7.43. The average molecular weight is 247 g/mol. The van der Waals surface area contributed by atoms with Crippen molar-refractivity contribution >= 4 is 17.2 Å². The first-order valence-electron chi connectivity index (χ1n) is 5.39. The summed E-state index contributed by atoms with van der Waals surface area (Å²) in [5.74, 6) is 0.745. The number of benzene rings is 1. The third kappa shape index (κ3) is 1.63. The van der Waals surface area contributed by atoms with E-state index in [1.165, 1.54) is 0 Å². The van der Waals surface area contributed by atoms with Gasteiger partial charge >= 0.3 is 0 Å².